The molecule has 382 valence electrons. The quantitative estimate of drug-likeness (QED) is 0.170. The Morgan fingerprint density at radius 3 is 1.04 bits per heavy atom. The summed E-state index contributed by atoms with van der Waals surface area (Å²) in [6.45, 7) is 28.0. The fraction of sp³-hybridized carbons (Fsp3) is 0.306. The van der Waals surface area contributed by atoms with Crippen molar-refractivity contribution in [1.82, 2.24) is 0 Å². The highest BCUT2D eigenvalue weighted by Gasteiger charge is 2.42. The van der Waals surface area contributed by atoms with Gasteiger partial charge < -0.3 is 19.6 Å². The van der Waals surface area contributed by atoms with Crippen molar-refractivity contribution >= 4 is 89.8 Å². The van der Waals surface area contributed by atoms with Crippen LogP contribution in [0.4, 0.5) is 68.2 Å². The number of hydrogen-bond donors (Lipinski definition) is 0. The molecular weight excluding hydrogens is 921 g/mol. The summed E-state index contributed by atoms with van der Waals surface area (Å²) in [5.41, 5.74) is 25.0. The minimum Gasteiger partial charge on any atom is -0.310 e. The highest BCUT2D eigenvalue weighted by Crippen LogP contribution is 2.66. The number of rotatable bonds is 5. The van der Waals surface area contributed by atoms with Crippen molar-refractivity contribution in [2.45, 2.75) is 143 Å². The molecule has 76 heavy (non-hydrogen) atoms. The Bertz CT molecular complexity index is 3540. The lowest BCUT2D eigenvalue weighted by molar-refractivity contribution is 0.590. The summed E-state index contributed by atoms with van der Waals surface area (Å²) in [6.07, 6.45) is 6.78. The topological polar surface area (TPSA) is 13.0 Å². The number of hydrogen-bond acceptors (Lipinski definition) is 4. The Kier molecular flexibility index (Phi) is 10.9. The van der Waals surface area contributed by atoms with Gasteiger partial charge in [-0.15, -0.1) is 0 Å². The Labute approximate surface area is 452 Å². The average Bonchev–Trinajstić information content (AvgIpc) is 3.50. The smallest absolute Gasteiger partial charge is 0.0949 e. The second-order valence-electron chi connectivity index (χ2n) is 26.5. The summed E-state index contributed by atoms with van der Waals surface area (Å²) in [7, 11) is 0. The molecular formula is C72H74N4. The Balaban J connectivity index is 1.19. The molecule has 4 heteroatoms. The van der Waals surface area contributed by atoms with Crippen molar-refractivity contribution in [2.75, 3.05) is 19.6 Å². The lowest BCUT2D eigenvalue weighted by Gasteiger charge is -2.48. The monoisotopic (exact) mass is 995 g/mol. The van der Waals surface area contributed by atoms with E-state index >= 15 is 0 Å². The zero-order valence-corrected chi connectivity index (χ0v) is 47.0. The van der Waals surface area contributed by atoms with Crippen LogP contribution in [-0.4, -0.2) is 0 Å². The molecule has 9 aromatic rings. The molecule has 2 aliphatic carbocycles. The zero-order chi connectivity index (χ0) is 52.8. The first-order valence-corrected chi connectivity index (χ1v) is 28.2. The second-order valence-corrected chi connectivity index (χ2v) is 26.5. The van der Waals surface area contributed by atoms with Gasteiger partial charge in [0.05, 0.1) is 56.9 Å². The molecule has 0 fully saturated rings. The van der Waals surface area contributed by atoms with E-state index in [-0.39, 0.29) is 21.7 Å². The Morgan fingerprint density at radius 1 is 0.303 bits per heavy atom. The minimum absolute atomic E-state index is 0.00803. The first kappa shape index (κ1) is 48.3. The molecule has 0 atom stereocenters. The summed E-state index contributed by atoms with van der Waals surface area (Å²) < 4.78 is 0. The van der Waals surface area contributed by atoms with Gasteiger partial charge in [-0.2, -0.15) is 0 Å². The third-order valence-electron chi connectivity index (χ3n) is 17.3. The highest BCUT2D eigenvalue weighted by atomic mass is 15.3. The maximum atomic E-state index is 2.66. The van der Waals surface area contributed by atoms with Crippen LogP contribution in [0.25, 0.3) is 21.5 Å². The van der Waals surface area contributed by atoms with Gasteiger partial charge in [-0.3, -0.25) is 0 Å². The SMILES string of the molecule is CC(C)(C)c1ccc(N(c2ccc(C(C)(C)C)cc2)c2cc3c4c(c2)N(c2ccc5c6c(cccc26)CCC5)c2cc(C(C)(C)C)ccc2N4c2ccc(C(C)(C)C)cc2N3c2ccc3c4c(cccc24)CCC3)cc1. The average molecular weight is 995 g/mol. The van der Waals surface area contributed by atoms with Crippen molar-refractivity contribution in [2.24, 2.45) is 0 Å². The van der Waals surface area contributed by atoms with Gasteiger partial charge in [-0.1, -0.05) is 168 Å². The molecule has 0 saturated heterocycles. The number of anilines is 12. The summed E-state index contributed by atoms with van der Waals surface area (Å²) >= 11 is 0. The van der Waals surface area contributed by atoms with Crippen LogP contribution in [0.15, 0.2) is 158 Å². The van der Waals surface area contributed by atoms with Gasteiger partial charge in [0.2, 0.25) is 0 Å². The van der Waals surface area contributed by atoms with Crippen LogP contribution in [0.1, 0.15) is 140 Å². The predicted molar refractivity (Wildman–Crippen MR) is 326 cm³/mol. The van der Waals surface area contributed by atoms with Gasteiger partial charge in [-0.25, -0.2) is 0 Å². The van der Waals surface area contributed by atoms with Gasteiger partial charge in [-0.05, 0) is 188 Å². The molecule has 0 saturated carbocycles. The van der Waals surface area contributed by atoms with E-state index in [1.807, 2.05) is 0 Å². The molecule has 0 aromatic heterocycles. The number of fused-ring (bicyclic) bond motifs is 4. The van der Waals surface area contributed by atoms with Crippen LogP contribution in [0.3, 0.4) is 0 Å². The van der Waals surface area contributed by atoms with E-state index in [4.69, 9.17) is 0 Å². The third-order valence-corrected chi connectivity index (χ3v) is 17.3. The van der Waals surface area contributed by atoms with Crippen LogP contribution in [0, 0.1) is 0 Å². The molecule has 4 aliphatic rings. The van der Waals surface area contributed by atoms with Gasteiger partial charge in [0.15, 0.2) is 0 Å². The van der Waals surface area contributed by atoms with E-state index in [9.17, 15) is 0 Å². The normalized spacial score (nSPS) is 15.0. The van der Waals surface area contributed by atoms with E-state index in [1.54, 1.807) is 0 Å². The van der Waals surface area contributed by atoms with Crippen molar-refractivity contribution in [3.8, 4) is 0 Å². The summed E-state index contributed by atoms with van der Waals surface area (Å²) in [5.74, 6) is 0. The minimum atomic E-state index is -0.0873. The lowest BCUT2D eigenvalue weighted by Crippen LogP contribution is -2.31. The first-order valence-electron chi connectivity index (χ1n) is 28.2. The van der Waals surface area contributed by atoms with Crippen LogP contribution >= 0.6 is 0 Å². The van der Waals surface area contributed by atoms with Crippen molar-refractivity contribution in [3.63, 3.8) is 0 Å². The number of nitrogens with zero attached hydrogens (tertiary/aromatic N) is 4. The fourth-order valence-corrected chi connectivity index (χ4v) is 13.1. The first-order chi connectivity index (χ1) is 36.2. The maximum Gasteiger partial charge on any atom is 0.0949 e. The van der Waals surface area contributed by atoms with E-state index in [0.717, 1.165) is 54.1 Å². The van der Waals surface area contributed by atoms with Gasteiger partial charge in [0.25, 0.3) is 0 Å². The van der Waals surface area contributed by atoms with Crippen molar-refractivity contribution in [3.05, 3.63) is 202 Å². The molecule has 9 aromatic carbocycles. The molecule has 0 bridgehead atoms. The lowest BCUT2D eigenvalue weighted by atomic mass is 9.84. The molecule has 0 radical (unpaired) electrons. The zero-order valence-electron chi connectivity index (χ0n) is 47.0. The van der Waals surface area contributed by atoms with Crippen LogP contribution < -0.4 is 19.6 Å². The molecule has 0 unspecified atom stereocenters. The predicted octanol–water partition coefficient (Wildman–Crippen LogP) is 20.7. The number of benzene rings is 9. The van der Waals surface area contributed by atoms with Gasteiger partial charge in [0, 0.05) is 22.1 Å². The Hall–Kier alpha value is -7.30. The third kappa shape index (κ3) is 7.75. The fourth-order valence-electron chi connectivity index (χ4n) is 13.1. The van der Waals surface area contributed by atoms with Crippen molar-refractivity contribution < 1.29 is 0 Å². The summed E-state index contributed by atoms with van der Waals surface area (Å²) in [4.78, 5) is 10.5. The van der Waals surface area contributed by atoms with Crippen LogP contribution in [0.2, 0.25) is 0 Å². The van der Waals surface area contributed by atoms with Crippen LogP contribution in [0.5, 0.6) is 0 Å². The van der Waals surface area contributed by atoms with Crippen LogP contribution in [-0.2, 0) is 47.3 Å². The van der Waals surface area contributed by atoms with Crippen molar-refractivity contribution in [1.29, 1.82) is 0 Å². The van der Waals surface area contributed by atoms with E-state index in [0.29, 0.717) is 0 Å². The second kappa shape index (κ2) is 17.1. The summed E-state index contributed by atoms with van der Waals surface area (Å²) in [6, 6.07) is 62.4. The molecule has 0 N–H and O–H groups in total. The molecule has 4 nitrogen and oxygen atoms in total. The largest absolute Gasteiger partial charge is 0.310 e. The van der Waals surface area contributed by atoms with E-state index < -0.39 is 0 Å². The van der Waals surface area contributed by atoms with E-state index in [1.165, 1.54) is 119 Å². The molecule has 13 rings (SSSR count). The highest BCUT2D eigenvalue weighted by molar-refractivity contribution is 6.17. The van der Waals surface area contributed by atoms with E-state index in [2.05, 4.69) is 260 Å². The molecule has 2 aliphatic heterocycles. The number of aryl methyl sites for hydroxylation is 4. The van der Waals surface area contributed by atoms with Gasteiger partial charge >= 0.3 is 0 Å². The summed E-state index contributed by atoms with van der Waals surface area (Å²) in [5, 5.41) is 5.48. The standard InChI is InChI=1S/C72H74N4/c1-69(2,3)49-27-33-53(34-28-49)73(54-35-29-50(30-36-54)70(4,5)6)55-43-64-68-65(44-55)75(59-38-26-48-20-14-18-46-22-16-24-57(59)67(46)48)63-42-52(72(10,11)12)32-40-61(63)76(68)60-39-31-51(71(7,8)9)41-62(60)74(64)58-37-25-47-19-13-17-45-21-15-23-56(58)66(45)47/h15-16,21-44H,13-14,17-20H2,1-12H3. The maximum absolute atomic E-state index is 2.66. The van der Waals surface area contributed by atoms with Gasteiger partial charge in [0.1, 0.15) is 0 Å². The molecule has 0 spiro atoms. The molecule has 2 heterocycles. The Morgan fingerprint density at radius 2 is 0.658 bits per heavy atom. The molecule has 0 amide bonds.